The van der Waals surface area contributed by atoms with E-state index in [0.717, 1.165) is 0 Å². The normalized spacial score (nSPS) is 11.8. The van der Waals surface area contributed by atoms with Crippen LogP contribution >= 0.6 is 0 Å². The molecule has 0 fully saturated rings. The second-order valence-electron chi connectivity index (χ2n) is 4.54. The highest BCUT2D eigenvalue weighted by Crippen LogP contribution is 2.09. The molecule has 0 spiro atoms. The van der Waals surface area contributed by atoms with E-state index in [-0.39, 0.29) is 18.5 Å². The molecule has 22 heavy (non-hydrogen) atoms. The van der Waals surface area contributed by atoms with Gasteiger partial charge in [-0.2, -0.15) is 0 Å². The van der Waals surface area contributed by atoms with Crippen molar-refractivity contribution in [1.82, 2.24) is 15.3 Å². The van der Waals surface area contributed by atoms with Crippen LogP contribution in [-0.4, -0.2) is 44.1 Å². The lowest BCUT2D eigenvalue weighted by Crippen LogP contribution is -2.41. The maximum absolute atomic E-state index is 12.0. The second-order valence-corrected chi connectivity index (χ2v) is 4.54. The van der Waals surface area contributed by atoms with Gasteiger partial charge in [0.25, 0.3) is 5.91 Å². The van der Waals surface area contributed by atoms with Gasteiger partial charge in [-0.05, 0) is 18.6 Å². The third-order valence-corrected chi connectivity index (χ3v) is 2.93. The number of carbonyl (C=O) groups excluding carboxylic acids is 1. The van der Waals surface area contributed by atoms with Gasteiger partial charge in [0.2, 0.25) is 0 Å². The number of aliphatic carboxylic acids is 2. The van der Waals surface area contributed by atoms with E-state index >= 15 is 0 Å². The highest BCUT2D eigenvalue weighted by atomic mass is 16.4. The summed E-state index contributed by atoms with van der Waals surface area (Å²) < 4.78 is 0. The van der Waals surface area contributed by atoms with Crippen molar-refractivity contribution in [2.24, 2.45) is 0 Å². The topological polar surface area (TPSA) is 129 Å². The first kappa shape index (κ1) is 15.4. The van der Waals surface area contributed by atoms with Crippen molar-refractivity contribution in [3.05, 3.63) is 36.2 Å². The van der Waals surface area contributed by atoms with Gasteiger partial charge < -0.3 is 15.5 Å². The van der Waals surface area contributed by atoms with Gasteiger partial charge in [-0.3, -0.25) is 14.6 Å². The summed E-state index contributed by atoms with van der Waals surface area (Å²) in [5.74, 6) is -3.15. The molecule has 1 atom stereocenters. The first-order valence-corrected chi connectivity index (χ1v) is 6.44. The Hall–Kier alpha value is -3.03. The van der Waals surface area contributed by atoms with Crippen LogP contribution < -0.4 is 5.32 Å². The molecule has 1 amide bonds. The predicted octanol–water partition coefficient (Wildman–Crippen LogP) is 0.678. The molecular weight excluding hydrogens is 290 g/mol. The van der Waals surface area contributed by atoms with Crippen molar-refractivity contribution in [2.75, 3.05) is 0 Å². The lowest BCUT2D eigenvalue weighted by Gasteiger charge is -2.13. The van der Waals surface area contributed by atoms with E-state index in [1.165, 1.54) is 6.20 Å². The number of nitrogens with zero attached hydrogens (tertiary/aromatic N) is 2. The number of hydrogen-bond donors (Lipinski definition) is 3. The van der Waals surface area contributed by atoms with Crippen molar-refractivity contribution >= 4 is 28.9 Å². The third kappa shape index (κ3) is 3.75. The van der Waals surface area contributed by atoms with Gasteiger partial charge in [0.1, 0.15) is 11.7 Å². The standard InChI is InChI=1S/C14H13N3O5/c18-12(19)6-5-10(14(21)22)17-13(20)11-7-15-8-3-1-2-4-9(8)16-11/h1-4,7,10H,5-6H2,(H,17,20)(H,18,19)(H,21,22). The summed E-state index contributed by atoms with van der Waals surface area (Å²) in [7, 11) is 0. The van der Waals surface area contributed by atoms with E-state index in [9.17, 15) is 14.4 Å². The lowest BCUT2D eigenvalue weighted by molar-refractivity contribution is -0.140. The van der Waals surface area contributed by atoms with E-state index in [2.05, 4.69) is 15.3 Å². The van der Waals surface area contributed by atoms with Crippen LogP contribution in [0.4, 0.5) is 0 Å². The number of benzene rings is 1. The molecule has 0 aliphatic heterocycles. The lowest BCUT2D eigenvalue weighted by atomic mass is 10.1. The number of hydrogen-bond acceptors (Lipinski definition) is 5. The van der Waals surface area contributed by atoms with Crippen molar-refractivity contribution < 1.29 is 24.6 Å². The van der Waals surface area contributed by atoms with Crippen molar-refractivity contribution in [1.29, 1.82) is 0 Å². The molecule has 0 aliphatic rings. The third-order valence-electron chi connectivity index (χ3n) is 2.93. The number of para-hydroxylation sites is 2. The molecule has 2 rings (SSSR count). The zero-order valence-electron chi connectivity index (χ0n) is 11.4. The zero-order chi connectivity index (χ0) is 16.1. The van der Waals surface area contributed by atoms with Gasteiger partial charge in [0.15, 0.2) is 0 Å². The summed E-state index contributed by atoms with van der Waals surface area (Å²) in [5, 5.41) is 19.8. The van der Waals surface area contributed by atoms with Gasteiger partial charge in [-0.25, -0.2) is 9.78 Å². The Morgan fingerprint density at radius 2 is 1.82 bits per heavy atom. The molecule has 0 saturated heterocycles. The minimum Gasteiger partial charge on any atom is -0.481 e. The maximum atomic E-state index is 12.0. The summed E-state index contributed by atoms with van der Waals surface area (Å²) >= 11 is 0. The monoisotopic (exact) mass is 303 g/mol. The van der Waals surface area contributed by atoms with Crippen LogP contribution in [0.5, 0.6) is 0 Å². The van der Waals surface area contributed by atoms with Crippen molar-refractivity contribution in [2.45, 2.75) is 18.9 Å². The Bertz CT molecular complexity index is 731. The molecule has 1 aromatic carbocycles. The van der Waals surface area contributed by atoms with E-state index in [1.807, 2.05) is 0 Å². The molecule has 0 saturated carbocycles. The molecule has 2 aromatic rings. The molecule has 1 unspecified atom stereocenters. The SMILES string of the molecule is O=C(O)CCC(NC(=O)c1cnc2ccccc2n1)C(=O)O. The molecule has 3 N–H and O–H groups in total. The van der Waals surface area contributed by atoms with E-state index in [1.54, 1.807) is 24.3 Å². The number of nitrogens with one attached hydrogen (secondary N) is 1. The molecule has 0 bridgehead atoms. The summed E-state index contributed by atoms with van der Waals surface area (Å²) in [4.78, 5) is 41.7. The summed E-state index contributed by atoms with van der Waals surface area (Å²) in [6.45, 7) is 0. The summed E-state index contributed by atoms with van der Waals surface area (Å²) in [6.07, 6.45) is 0.672. The molecule has 0 aliphatic carbocycles. The average Bonchev–Trinajstić information content (AvgIpc) is 2.50. The van der Waals surface area contributed by atoms with Crippen LogP contribution in [-0.2, 0) is 9.59 Å². The van der Waals surface area contributed by atoms with Crippen LogP contribution in [0.3, 0.4) is 0 Å². The first-order valence-electron chi connectivity index (χ1n) is 6.44. The Kier molecular flexibility index (Phi) is 4.62. The predicted molar refractivity (Wildman–Crippen MR) is 75.3 cm³/mol. The number of amides is 1. The fourth-order valence-electron chi connectivity index (χ4n) is 1.82. The fourth-order valence-corrected chi connectivity index (χ4v) is 1.82. The number of carboxylic acid groups (broad SMARTS) is 2. The molecule has 8 heteroatoms. The molecule has 0 radical (unpaired) electrons. The minimum atomic E-state index is -1.30. The van der Waals surface area contributed by atoms with Gasteiger partial charge in [-0.15, -0.1) is 0 Å². The van der Waals surface area contributed by atoms with Gasteiger partial charge in [-0.1, -0.05) is 12.1 Å². The van der Waals surface area contributed by atoms with Gasteiger partial charge in [0.05, 0.1) is 17.2 Å². The van der Waals surface area contributed by atoms with E-state index < -0.39 is 23.9 Å². The minimum absolute atomic E-state index is 0.0275. The number of carbonyl (C=O) groups is 3. The zero-order valence-corrected chi connectivity index (χ0v) is 11.4. The summed E-state index contributed by atoms with van der Waals surface area (Å²) in [5.41, 5.74) is 1.09. The van der Waals surface area contributed by atoms with Crippen molar-refractivity contribution in [3.8, 4) is 0 Å². The van der Waals surface area contributed by atoms with Gasteiger partial charge >= 0.3 is 11.9 Å². The van der Waals surface area contributed by atoms with Gasteiger partial charge in [0, 0.05) is 6.42 Å². The van der Waals surface area contributed by atoms with Crippen LogP contribution in [0.25, 0.3) is 11.0 Å². The average molecular weight is 303 g/mol. The Labute approximate surface area is 124 Å². The maximum Gasteiger partial charge on any atom is 0.326 e. The molecule has 114 valence electrons. The van der Waals surface area contributed by atoms with Crippen LogP contribution in [0.15, 0.2) is 30.5 Å². The quantitative estimate of drug-likeness (QED) is 0.715. The summed E-state index contributed by atoms with van der Waals surface area (Å²) in [6, 6.07) is 5.64. The highest BCUT2D eigenvalue weighted by molar-refractivity contribution is 5.96. The van der Waals surface area contributed by atoms with Crippen LogP contribution in [0.1, 0.15) is 23.3 Å². The van der Waals surface area contributed by atoms with E-state index in [4.69, 9.17) is 10.2 Å². The molecular formula is C14H13N3O5. The van der Waals surface area contributed by atoms with E-state index in [0.29, 0.717) is 11.0 Å². The second kappa shape index (κ2) is 6.61. The highest BCUT2D eigenvalue weighted by Gasteiger charge is 2.22. The van der Waals surface area contributed by atoms with Crippen LogP contribution in [0.2, 0.25) is 0 Å². The molecule has 1 aromatic heterocycles. The Balaban J connectivity index is 2.14. The number of carboxylic acids is 2. The number of aromatic nitrogens is 2. The number of fused-ring (bicyclic) bond motifs is 1. The smallest absolute Gasteiger partial charge is 0.326 e. The molecule has 8 nitrogen and oxygen atoms in total. The Morgan fingerprint density at radius 3 is 2.45 bits per heavy atom. The number of rotatable bonds is 6. The first-order chi connectivity index (χ1) is 10.5. The Morgan fingerprint density at radius 1 is 1.14 bits per heavy atom. The fraction of sp³-hybridized carbons (Fsp3) is 0.214. The van der Waals surface area contributed by atoms with Crippen molar-refractivity contribution in [3.63, 3.8) is 0 Å². The van der Waals surface area contributed by atoms with Crippen LogP contribution in [0, 0.1) is 0 Å². The molecule has 1 heterocycles. The largest absolute Gasteiger partial charge is 0.481 e.